The number of aryl methyl sites for hydroxylation is 1. The molecule has 0 atom stereocenters. The highest BCUT2D eigenvalue weighted by atomic mass is 32.1. The smallest absolute Gasteiger partial charge is 0.292 e. The first-order valence-corrected chi connectivity index (χ1v) is 6.04. The quantitative estimate of drug-likeness (QED) is 0.508. The molecule has 1 amide bonds. The molecule has 98 valence electrons. The fourth-order valence-electron chi connectivity index (χ4n) is 1.51. The number of carbonyl (C=O) groups is 1. The number of anilines is 2. The molecule has 19 heavy (non-hydrogen) atoms. The fourth-order valence-corrected chi connectivity index (χ4v) is 2.17. The molecule has 0 radical (unpaired) electrons. The number of nitro benzene ring substituents is 1. The van der Waals surface area contributed by atoms with Crippen molar-refractivity contribution < 1.29 is 9.72 Å². The van der Waals surface area contributed by atoms with Crippen molar-refractivity contribution in [1.82, 2.24) is 4.37 Å². The molecule has 0 bridgehead atoms. The molecule has 1 aromatic heterocycles. The zero-order valence-corrected chi connectivity index (χ0v) is 10.7. The monoisotopic (exact) mass is 278 g/mol. The summed E-state index contributed by atoms with van der Waals surface area (Å²) in [5.74, 6) is -0.496. The Kier molecular flexibility index (Phi) is 3.43. The molecule has 1 aromatic carbocycles. The van der Waals surface area contributed by atoms with E-state index in [1.54, 1.807) is 13.0 Å². The van der Waals surface area contributed by atoms with E-state index in [0.717, 1.165) is 17.2 Å². The zero-order chi connectivity index (χ0) is 14.0. The van der Waals surface area contributed by atoms with Crippen LogP contribution in [0, 0.1) is 17.0 Å². The Labute approximate surface area is 112 Å². The number of nitrogens with one attached hydrogen (secondary N) is 1. The second kappa shape index (κ2) is 5.02. The first-order valence-electron chi connectivity index (χ1n) is 5.26. The number of nitrogen functional groups attached to an aromatic ring is 1. The number of hydrogen-bond acceptors (Lipinski definition) is 6. The van der Waals surface area contributed by atoms with Crippen LogP contribution < -0.4 is 11.1 Å². The average molecular weight is 278 g/mol. The molecule has 0 aliphatic heterocycles. The van der Waals surface area contributed by atoms with Crippen LogP contribution >= 0.6 is 11.5 Å². The van der Waals surface area contributed by atoms with Crippen LogP contribution in [-0.4, -0.2) is 15.2 Å². The van der Waals surface area contributed by atoms with Crippen LogP contribution in [0.1, 0.15) is 16.1 Å². The number of nitrogens with zero attached hydrogens (tertiary/aromatic N) is 2. The van der Waals surface area contributed by atoms with Crippen LogP contribution in [0.2, 0.25) is 0 Å². The van der Waals surface area contributed by atoms with E-state index in [1.807, 2.05) is 0 Å². The Hall–Kier alpha value is -2.48. The molecule has 2 rings (SSSR count). The molecule has 7 nitrogen and oxygen atoms in total. The van der Waals surface area contributed by atoms with Crippen molar-refractivity contribution in [3.8, 4) is 0 Å². The largest absolute Gasteiger partial charge is 0.393 e. The molecule has 0 aliphatic carbocycles. The second-order valence-electron chi connectivity index (χ2n) is 3.78. The lowest BCUT2D eigenvalue weighted by molar-refractivity contribution is -0.383. The number of para-hydroxylation sites is 1. The highest BCUT2D eigenvalue weighted by Crippen LogP contribution is 2.26. The van der Waals surface area contributed by atoms with Crippen molar-refractivity contribution in [2.45, 2.75) is 6.92 Å². The minimum absolute atomic E-state index is 0.0697. The normalized spacial score (nSPS) is 10.2. The lowest BCUT2D eigenvalue weighted by Gasteiger charge is -2.05. The number of amides is 1. The number of benzene rings is 1. The average Bonchev–Trinajstić information content (AvgIpc) is 2.74. The van der Waals surface area contributed by atoms with E-state index >= 15 is 0 Å². The summed E-state index contributed by atoms with van der Waals surface area (Å²) in [6.07, 6.45) is 0. The fraction of sp³-hybridized carbons (Fsp3) is 0.0909. The molecule has 0 spiro atoms. The maximum absolute atomic E-state index is 12.0. The van der Waals surface area contributed by atoms with Gasteiger partial charge in [-0.15, -0.1) is 0 Å². The molecular weight excluding hydrogens is 268 g/mol. The molecule has 0 fully saturated rings. The minimum atomic E-state index is -0.622. The van der Waals surface area contributed by atoms with Crippen LogP contribution in [0.3, 0.4) is 0 Å². The van der Waals surface area contributed by atoms with Gasteiger partial charge in [-0.05, 0) is 30.6 Å². The van der Waals surface area contributed by atoms with Gasteiger partial charge in [0.25, 0.3) is 11.6 Å². The van der Waals surface area contributed by atoms with E-state index in [2.05, 4.69) is 9.69 Å². The van der Waals surface area contributed by atoms with Crippen LogP contribution in [0.15, 0.2) is 24.3 Å². The molecule has 0 saturated carbocycles. The lowest BCUT2D eigenvalue weighted by Crippen LogP contribution is -2.14. The summed E-state index contributed by atoms with van der Waals surface area (Å²) in [7, 11) is 0. The van der Waals surface area contributed by atoms with Gasteiger partial charge in [0.2, 0.25) is 0 Å². The number of carbonyl (C=O) groups excluding carboxylic acids is 1. The Morgan fingerprint density at radius 1 is 1.53 bits per heavy atom. The van der Waals surface area contributed by atoms with Crippen LogP contribution in [-0.2, 0) is 0 Å². The van der Waals surface area contributed by atoms with Gasteiger partial charge in [0.05, 0.1) is 16.2 Å². The van der Waals surface area contributed by atoms with Gasteiger partial charge < -0.3 is 11.1 Å². The van der Waals surface area contributed by atoms with Crippen LogP contribution in [0.5, 0.6) is 0 Å². The van der Waals surface area contributed by atoms with Gasteiger partial charge in [-0.1, -0.05) is 6.07 Å². The third-order valence-electron chi connectivity index (χ3n) is 2.39. The molecule has 0 aliphatic rings. The van der Waals surface area contributed by atoms with E-state index in [0.29, 0.717) is 5.00 Å². The van der Waals surface area contributed by atoms with Gasteiger partial charge in [-0.25, -0.2) is 0 Å². The van der Waals surface area contributed by atoms with Gasteiger partial charge in [0.15, 0.2) is 0 Å². The van der Waals surface area contributed by atoms with E-state index in [9.17, 15) is 14.9 Å². The number of nitrogens with two attached hydrogens (primary N) is 1. The summed E-state index contributed by atoms with van der Waals surface area (Å²) in [5.41, 5.74) is 6.05. The summed E-state index contributed by atoms with van der Waals surface area (Å²) in [6, 6.07) is 5.81. The Bertz CT molecular complexity index is 653. The summed E-state index contributed by atoms with van der Waals surface area (Å²) in [4.78, 5) is 22.1. The SMILES string of the molecule is Cc1cc(NC(=O)c2cccc([N+](=O)[O-])c2N)sn1. The molecule has 1 heterocycles. The zero-order valence-electron chi connectivity index (χ0n) is 9.91. The predicted octanol–water partition coefficient (Wildman–Crippen LogP) is 2.19. The molecular formula is C11H10N4O3S. The summed E-state index contributed by atoms with van der Waals surface area (Å²) < 4.78 is 4.02. The third kappa shape index (κ3) is 2.68. The second-order valence-corrected chi connectivity index (χ2v) is 4.59. The number of nitro groups is 1. The number of aromatic nitrogens is 1. The van der Waals surface area contributed by atoms with Gasteiger partial charge in [-0.2, -0.15) is 4.37 Å². The van der Waals surface area contributed by atoms with Crippen LogP contribution in [0.4, 0.5) is 16.4 Å². The Balaban J connectivity index is 2.29. The first kappa shape index (κ1) is 13.0. The van der Waals surface area contributed by atoms with Crippen molar-refractivity contribution in [2.75, 3.05) is 11.1 Å². The van der Waals surface area contributed by atoms with E-state index in [1.165, 1.54) is 18.2 Å². The van der Waals surface area contributed by atoms with Crippen molar-refractivity contribution in [3.63, 3.8) is 0 Å². The maximum atomic E-state index is 12.0. The topological polar surface area (TPSA) is 111 Å². The van der Waals surface area contributed by atoms with Gasteiger partial charge >= 0.3 is 0 Å². The highest BCUT2D eigenvalue weighted by Gasteiger charge is 2.19. The lowest BCUT2D eigenvalue weighted by atomic mass is 10.1. The van der Waals surface area contributed by atoms with Gasteiger partial charge in [0, 0.05) is 6.07 Å². The number of hydrogen-bond donors (Lipinski definition) is 2. The summed E-state index contributed by atoms with van der Waals surface area (Å²) in [6.45, 7) is 1.80. The summed E-state index contributed by atoms with van der Waals surface area (Å²) in [5, 5.41) is 13.9. The third-order valence-corrected chi connectivity index (χ3v) is 3.19. The highest BCUT2D eigenvalue weighted by molar-refractivity contribution is 7.10. The molecule has 0 unspecified atom stereocenters. The van der Waals surface area contributed by atoms with Crippen molar-refractivity contribution >= 4 is 33.8 Å². The van der Waals surface area contributed by atoms with Crippen LogP contribution in [0.25, 0.3) is 0 Å². The van der Waals surface area contributed by atoms with Gasteiger partial charge in [-0.3, -0.25) is 14.9 Å². The molecule has 2 aromatic rings. The molecule has 0 saturated heterocycles. The Morgan fingerprint density at radius 3 is 2.84 bits per heavy atom. The molecule has 8 heteroatoms. The Morgan fingerprint density at radius 2 is 2.26 bits per heavy atom. The standard InChI is InChI=1S/C11H10N4O3S/c1-6-5-9(19-14-6)13-11(16)7-3-2-4-8(10(7)12)15(17)18/h2-5H,12H2,1H3,(H,13,16). The molecule has 3 N–H and O–H groups in total. The number of rotatable bonds is 3. The predicted molar refractivity (Wildman–Crippen MR) is 72.3 cm³/mol. The first-order chi connectivity index (χ1) is 8.99. The van der Waals surface area contributed by atoms with Crippen molar-refractivity contribution in [3.05, 3.63) is 45.6 Å². The van der Waals surface area contributed by atoms with Crippen molar-refractivity contribution in [2.24, 2.45) is 0 Å². The minimum Gasteiger partial charge on any atom is -0.393 e. The van der Waals surface area contributed by atoms with E-state index in [4.69, 9.17) is 5.73 Å². The maximum Gasteiger partial charge on any atom is 0.292 e. The van der Waals surface area contributed by atoms with Crippen molar-refractivity contribution in [1.29, 1.82) is 0 Å². The van der Waals surface area contributed by atoms with Gasteiger partial charge in [0.1, 0.15) is 10.7 Å². The van der Waals surface area contributed by atoms with E-state index in [-0.39, 0.29) is 16.9 Å². The van der Waals surface area contributed by atoms with E-state index < -0.39 is 10.8 Å². The summed E-state index contributed by atoms with van der Waals surface area (Å²) >= 11 is 1.13.